The molecule has 12 heavy (non-hydrogen) atoms. The topological polar surface area (TPSA) is 0 Å². The second-order valence-electron chi connectivity index (χ2n) is 3.53. The van der Waals surface area contributed by atoms with Crippen LogP contribution in [0, 0.1) is 11.8 Å². The van der Waals surface area contributed by atoms with Crippen LogP contribution in [0.3, 0.4) is 0 Å². The molecule has 66 valence electrons. The highest BCUT2D eigenvalue weighted by atomic mass is 14.2. The summed E-state index contributed by atoms with van der Waals surface area (Å²) in [6.45, 7) is 7.51. The monoisotopic (exact) mass is 162 g/mol. The maximum absolute atomic E-state index is 3.84. The van der Waals surface area contributed by atoms with E-state index in [0.717, 1.165) is 11.8 Å². The van der Waals surface area contributed by atoms with Crippen molar-refractivity contribution in [1.29, 1.82) is 0 Å². The van der Waals surface area contributed by atoms with Crippen LogP contribution >= 0.6 is 0 Å². The van der Waals surface area contributed by atoms with E-state index in [4.69, 9.17) is 0 Å². The van der Waals surface area contributed by atoms with Gasteiger partial charge in [0.1, 0.15) is 0 Å². The molecule has 1 saturated carbocycles. The Morgan fingerprint density at radius 3 is 2.00 bits per heavy atom. The molecule has 0 nitrogen and oxygen atoms in total. The summed E-state index contributed by atoms with van der Waals surface area (Å²) in [6.07, 6.45) is 13.6. The van der Waals surface area contributed by atoms with Crippen LogP contribution in [0.2, 0.25) is 0 Å². The van der Waals surface area contributed by atoms with Crippen LogP contribution < -0.4 is 0 Å². The zero-order chi connectivity index (χ0) is 8.81. The van der Waals surface area contributed by atoms with Gasteiger partial charge in [-0.3, -0.25) is 0 Å². The predicted octanol–water partition coefficient (Wildman–Crippen LogP) is 3.72. The Hall–Kier alpha value is -0.780. The van der Waals surface area contributed by atoms with Gasteiger partial charge >= 0.3 is 0 Å². The highest BCUT2D eigenvalue weighted by Gasteiger charge is 2.16. The summed E-state index contributed by atoms with van der Waals surface area (Å²) in [5.41, 5.74) is 0. The quantitative estimate of drug-likeness (QED) is 0.438. The highest BCUT2D eigenvalue weighted by molar-refractivity contribution is 5.01. The summed E-state index contributed by atoms with van der Waals surface area (Å²) in [7, 11) is 0. The van der Waals surface area contributed by atoms with Gasteiger partial charge in [0.05, 0.1) is 0 Å². The molecule has 0 aromatic heterocycles. The molecule has 0 amide bonds. The first kappa shape index (κ1) is 9.31. The Morgan fingerprint density at radius 1 is 0.917 bits per heavy atom. The Balaban J connectivity index is 2.30. The fraction of sp³-hybridized carbons (Fsp3) is 0.500. The molecule has 1 aliphatic rings. The molecule has 1 rings (SSSR count). The highest BCUT2D eigenvalue weighted by Crippen LogP contribution is 2.29. The molecule has 0 saturated heterocycles. The summed E-state index contributed by atoms with van der Waals surface area (Å²) in [6, 6.07) is 0. The summed E-state index contributed by atoms with van der Waals surface area (Å²) < 4.78 is 0. The van der Waals surface area contributed by atoms with Crippen molar-refractivity contribution >= 4 is 0 Å². The molecule has 0 unspecified atom stereocenters. The SMILES string of the molecule is C=C/C=C/C1CCC(C=C)CC1. The number of allylic oxidation sites excluding steroid dienone is 4. The van der Waals surface area contributed by atoms with E-state index in [1.165, 1.54) is 25.7 Å². The zero-order valence-corrected chi connectivity index (χ0v) is 7.71. The van der Waals surface area contributed by atoms with Crippen LogP contribution in [0.4, 0.5) is 0 Å². The maximum Gasteiger partial charge on any atom is -0.0230 e. The van der Waals surface area contributed by atoms with Crippen molar-refractivity contribution in [2.45, 2.75) is 25.7 Å². The van der Waals surface area contributed by atoms with Crippen molar-refractivity contribution < 1.29 is 0 Å². The van der Waals surface area contributed by atoms with Crippen LogP contribution in [0.5, 0.6) is 0 Å². The number of hydrogen-bond donors (Lipinski definition) is 0. The van der Waals surface area contributed by atoms with E-state index in [9.17, 15) is 0 Å². The maximum atomic E-state index is 3.84. The molecule has 1 fully saturated rings. The van der Waals surface area contributed by atoms with E-state index in [-0.39, 0.29) is 0 Å². The van der Waals surface area contributed by atoms with Gasteiger partial charge in [0.2, 0.25) is 0 Å². The van der Waals surface area contributed by atoms with Gasteiger partial charge in [0.15, 0.2) is 0 Å². The molecule has 0 aromatic rings. The largest absolute Gasteiger partial charge is 0.103 e. The van der Waals surface area contributed by atoms with Crippen LogP contribution in [0.15, 0.2) is 37.5 Å². The molecule has 0 N–H and O–H groups in total. The lowest BCUT2D eigenvalue weighted by Crippen LogP contribution is -2.10. The van der Waals surface area contributed by atoms with E-state index < -0.39 is 0 Å². The number of rotatable bonds is 3. The molecule has 0 heteroatoms. The van der Waals surface area contributed by atoms with Crippen molar-refractivity contribution in [3.63, 3.8) is 0 Å². The molecule has 0 spiro atoms. The van der Waals surface area contributed by atoms with E-state index in [1.54, 1.807) is 0 Å². The van der Waals surface area contributed by atoms with Crippen LogP contribution in [-0.2, 0) is 0 Å². The molecule has 0 heterocycles. The zero-order valence-electron chi connectivity index (χ0n) is 7.71. The van der Waals surface area contributed by atoms with Gasteiger partial charge in [0.25, 0.3) is 0 Å². The Labute approximate surface area is 75.7 Å². The first-order chi connectivity index (χ1) is 5.86. The van der Waals surface area contributed by atoms with Gasteiger partial charge in [0, 0.05) is 0 Å². The van der Waals surface area contributed by atoms with E-state index in [2.05, 4.69) is 31.4 Å². The third kappa shape index (κ3) is 2.69. The van der Waals surface area contributed by atoms with Crippen molar-refractivity contribution in [1.82, 2.24) is 0 Å². The summed E-state index contributed by atoms with van der Waals surface area (Å²) in [4.78, 5) is 0. The second-order valence-corrected chi connectivity index (χ2v) is 3.53. The standard InChI is InChI=1S/C12H18/c1-3-5-6-12-9-7-11(4-2)8-10-12/h3-6,11-12H,1-2,7-10H2/b6-5+. The van der Waals surface area contributed by atoms with Gasteiger partial charge in [-0.25, -0.2) is 0 Å². The number of hydrogen-bond acceptors (Lipinski definition) is 0. The Kier molecular flexibility index (Phi) is 3.86. The average Bonchev–Trinajstić information content (AvgIpc) is 2.15. The normalized spacial score (nSPS) is 30.3. The van der Waals surface area contributed by atoms with E-state index >= 15 is 0 Å². The third-order valence-electron chi connectivity index (χ3n) is 2.67. The van der Waals surface area contributed by atoms with Crippen LogP contribution in [-0.4, -0.2) is 0 Å². The Bertz CT molecular complexity index is 168. The van der Waals surface area contributed by atoms with Crippen molar-refractivity contribution in [2.75, 3.05) is 0 Å². The summed E-state index contributed by atoms with van der Waals surface area (Å²) >= 11 is 0. The molecule has 0 atom stereocenters. The van der Waals surface area contributed by atoms with Gasteiger partial charge in [-0.05, 0) is 37.5 Å². The van der Waals surface area contributed by atoms with Gasteiger partial charge < -0.3 is 0 Å². The molecular weight excluding hydrogens is 144 g/mol. The van der Waals surface area contributed by atoms with E-state index in [0.29, 0.717) is 0 Å². The van der Waals surface area contributed by atoms with Gasteiger partial charge in [-0.2, -0.15) is 0 Å². The minimum Gasteiger partial charge on any atom is -0.103 e. The summed E-state index contributed by atoms with van der Waals surface area (Å²) in [5, 5.41) is 0. The smallest absolute Gasteiger partial charge is 0.0230 e. The average molecular weight is 162 g/mol. The lowest BCUT2D eigenvalue weighted by atomic mass is 9.82. The van der Waals surface area contributed by atoms with E-state index in [1.807, 2.05) is 6.08 Å². The third-order valence-corrected chi connectivity index (χ3v) is 2.67. The van der Waals surface area contributed by atoms with Crippen LogP contribution in [0.1, 0.15) is 25.7 Å². The fourth-order valence-corrected chi connectivity index (χ4v) is 1.81. The summed E-state index contributed by atoms with van der Waals surface area (Å²) in [5.74, 6) is 1.57. The van der Waals surface area contributed by atoms with Crippen molar-refractivity contribution in [3.8, 4) is 0 Å². The molecule has 0 radical (unpaired) electrons. The van der Waals surface area contributed by atoms with Gasteiger partial charge in [-0.15, -0.1) is 6.58 Å². The molecule has 0 aromatic carbocycles. The molecular formula is C12H18. The Morgan fingerprint density at radius 2 is 1.50 bits per heavy atom. The minimum atomic E-state index is 0.776. The van der Waals surface area contributed by atoms with Crippen LogP contribution in [0.25, 0.3) is 0 Å². The fourth-order valence-electron chi connectivity index (χ4n) is 1.81. The van der Waals surface area contributed by atoms with Crippen molar-refractivity contribution in [3.05, 3.63) is 37.5 Å². The molecule has 0 bridgehead atoms. The first-order valence-corrected chi connectivity index (χ1v) is 4.78. The predicted molar refractivity (Wildman–Crippen MR) is 55.0 cm³/mol. The van der Waals surface area contributed by atoms with Gasteiger partial charge in [-0.1, -0.05) is 30.9 Å². The lowest BCUT2D eigenvalue weighted by Gasteiger charge is -2.23. The second kappa shape index (κ2) is 4.97. The minimum absolute atomic E-state index is 0.776. The molecule has 0 aliphatic heterocycles. The lowest BCUT2D eigenvalue weighted by molar-refractivity contribution is 0.357. The van der Waals surface area contributed by atoms with Crippen molar-refractivity contribution in [2.24, 2.45) is 11.8 Å². The first-order valence-electron chi connectivity index (χ1n) is 4.78. The molecule has 1 aliphatic carbocycles.